The van der Waals surface area contributed by atoms with Crippen molar-refractivity contribution in [2.24, 2.45) is 0 Å². The lowest BCUT2D eigenvalue weighted by Crippen LogP contribution is -2.33. The van der Waals surface area contributed by atoms with E-state index >= 15 is 0 Å². The fraction of sp³-hybridized carbons (Fsp3) is 0.812. The van der Waals surface area contributed by atoms with Crippen LogP contribution in [0, 0.1) is 6.92 Å². The third-order valence-corrected chi connectivity index (χ3v) is 6.00. The maximum absolute atomic E-state index is 12.9. The van der Waals surface area contributed by atoms with Crippen molar-refractivity contribution in [3.05, 3.63) is 11.9 Å². The first-order chi connectivity index (χ1) is 10.5. The molecule has 0 bridgehead atoms. The van der Waals surface area contributed by atoms with Gasteiger partial charge in [-0.05, 0) is 26.7 Å². The van der Waals surface area contributed by atoms with E-state index in [1.165, 1.54) is 6.20 Å². The van der Waals surface area contributed by atoms with E-state index in [0.717, 1.165) is 44.2 Å². The van der Waals surface area contributed by atoms with Crippen LogP contribution in [0.4, 0.5) is 0 Å². The minimum atomic E-state index is -3.43. The van der Waals surface area contributed by atoms with E-state index in [9.17, 15) is 8.42 Å². The molecule has 0 N–H and O–H groups in total. The fourth-order valence-corrected chi connectivity index (χ4v) is 4.25. The van der Waals surface area contributed by atoms with Crippen molar-refractivity contribution in [3.8, 4) is 0 Å². The molecule has 0 atom stereocenters. The predicted octanol–water partition coefficient (Wildman–Crippen LogP) is 3.58. The molecular weight excluding hydrogens is 298 g/mol. The zero-order valence-corrected chi connectivity index (χ0v) is 15.3. The Balaban J connectivity index is 2.94. The lowest BCUT2D eigenvalue weighted by atomic mass is 10.2. The minimum Gasteiger partial charge on any atom is -0.269 e. The summed E-state index contributed by atoms with van der Waals surface area (Å²) in [7, 11) is -3.43. The molecule has 22 heavy (non-hydrogen) atoms. The van der Waals surface area contributed by atoms with E-state index < -0.39 is 10.0 Å². The van der Waals surface area contributed by atoms with Crippen LogP contribution in [0.2, 0.25) is 0 Å². The summed E-state index contributed by atoms with van der Waals surface area (Å²) in [4.78, 5) is 0.363. The molecule has 0 amide bonds. The van der Waals surface area contributed by atoms with Gasteiger partial charge in [0.2, 0.25) is 10.0 Å². The quantitative estimate of drug-likeness (QED) is 0.583. The van der Waals surface area contributed by atoms with Crippen LogP contribution in [0.3, 0.4) is 0 Å². The highest BCUT2D eigenvalue weighted by atomic mass is 32.2. The Morgan fingerprint density at radius 3 is 2.00 bits per heavy atom. The summed E-state index contributed by atoms with van der Waals surface area (Å²) < 4.78 is 29.3. The summed E-state index contributed by atoms with van der Waals surface area (Å²) in [5, 5.41) is 4.19. The second-order valence-corrected chi connectivity index (χ2v) is 7.63. The Kier molecular flexibility index (Phi) is 8.10. The van der Waals surface area contributed by atoms with Crippen molar-refractivity contribution in [2.75, 3.05) is 13.1 Å². The number of rotatable bonds is 11. The molecule has 0 unspecified atom stereocenters. The van der Waals surface area contributed by atoms with Gasteiger partial charge in [0.1, 0.15) is 4.90 Å². The molecule has 5 nitrogen and oxygen atoms in total. The highest BCUT2D eigenvalue weighted by molar-refractivity contribution is 7.89. The van der Waals surface area contributed by atoms with Crippen LogP contribution < -0.4 is 0 Å². The molecule has 0 aliphatic rings. The molecule has 1 rings (SSSR count). The van der Waals surface area contributed by atoms with Crippen LogP contribution in [-0.4, -0.2) is 35.6 Å². The Morgan fingerprint density at radius 2 is 1.59 bits per heavy atom. The summed E-state index contributed by atoms with van der Waals surface area (Å²) in [5.74, 6) is 0. The molecule has 0 saturated carbocycles. The van der Waals surface area contributed by atoms with E-state index in [1.54, 1.807) is 8.99 Å². The molecule has 0 aliphatic carbocycles. The van der Waals surface area contributed by atoms with Crippen molar-refractivity contribution in [2.45, 2.75) is 77.7 Å². The number of sulfonamides is 1. The summed E-state index contributed by atoms with van der Waals surface area (Å²) in [6.45, 7) is 9.97. The fourth-order valence-electron chi connectivity index (χ4n) is 2.57. The molecular formula is C16H31N3O2S. The zero-order valence-electron chi connectivity index (χ0n) is 14.5. The van der Waals surface area contributed by atoms with Crippen molar-refractivity contribution < 1.29 is 8.42 Å². The third-order valence-electron chi connectivity index (χ3n) is 4.00. The number of hydrogen-bond donors (Lipinski definition) is 0. The summed E-state index contributed by atoms with van der Waals surface area (Å²) >= 11 is 0. The monoisotopic (exact) mass is 329 g/mol. The maximum atomic E-state index is 12.9. The summed E-state index contributed by atoms with van der Waals surface area (Å²) in [6.07, 6.45) is 7.65. The Labute approximate surface area is 135 Å². The van der Waals surface area contributed by atoms with Gasteiger partial charge in [0.05, 0.1) is 11.9 Å². The summed E-state index contributed by atoms with van der Waals surface area (Å²) in [5.41, 5.74) is 0.735. The maximum Gasteiger partial charge on any atom is 0.246 e. The molecule has 128 valence electrons. The lowest BCUT2D eigenvalue weighted by Gasteiger charge is -2.22. The van der Waals surface area contributed by atoms with Crippen molar-refractivity contribution in [3.63, 3.8) is 0 Å². The number of nitrogens with zero attached hydrogens (tertiary/aromatic N) is 3. The number of aromatic nitrogens is 2. The smallest absolute Gasteiger partial charge is 0.246 e. The molecule has 0 aromatic carbocycles. The van der Waals surface area contributed by atoms with Gasteiger partial charge in [0, 0.05) is 19.6 Å². The topological polar surface area (TPSA) is 55.2 Å². The molecule has 0 spiro atoms. The first-order valence-electron chi connectivity index (χ1n) is 8.51. The largest absolute Gasteiger partial charge is 0.269 e. The highest BCUT2D eigenvalue weighted by Gasteiger charge is 2.27. The van der Waals surface area contributed by atoms with Gasteiger partial charge >= 0.3 is 0 Å². The summed E-state index contributed by atoms with van der Waals surface area (Å²) in [6, 6.07) is 0. The molecule has 1 heterocycles. The van der Waals surface area contributed by atoms with Crippen LogP contribution in [-0.2, 0) is 16.6 Å². The van der Waals surface area contributed by atoms with Crippen molar-refractivity contribution in [1.29, 1.82) is 0 Å². The second-order valence-electron chi connectivity index (χ2n) is 5.73. The van der Waals surface area contributed by atoms with Crippen molar-refractivity contribution in [1.82, 2.24) is 14.1 Å². The highest BCUT2D eigenvalue weighted by Crippen LogP contribution is 2.21. The molecule has 1 aromatic rings. The van der Waals surface area contributed by atoms with E-state index in [-0.39, 0.29) is 0 Å². The van der Waals surface area contributed by atoms with E-state index in [1.807, 2.05) is 13.8 Å². The van der Waals surface area contributed by atoms with E-state index in [2.05, 4.69) is 18.9 Å². The molecule has 0 aliphatic heterocycles. The third kappa shape index (κ3) is 4.81. The minimum absolute atomic E-state index is 0.363. The SMILES string of the molecule is CCCCCN(CCCCC)S(=O)(=O)c1cnn(CC)c1C. The molecule has 0 saturated heterocycles. The van der Waals surface area contributed by atoms with Gasteiger partial charge < -0.3 is 0 Å². The second kappa shape index (κ2) is 9.30. The van der Waals surface area contributed by atoms with Gasteiger partial charge in [-0.15, -0.1) is 0 Å². The number of unbranched alkanes of at least 4 members (excludes halogenated alkanes) is 4. The predicted molar refractivity (Wildman–Crippen MR) is 90.4 cm³/mol. The lowest BCUT2D eigenvalue weighted by molar-refractivity contribution is 0.388. The molecule has 0 radical (unpaired) electrons. The normalized spacial score (nSPS) is 12.2. The molecule has 6 heteroatoms. The number of aryl methyl sites for hydroxylation is 1. The van der Waals surface area contributed by atoms with Gasteiger partial charge in [0.25, 0.3) is 0 Å². The Morgan fingerprint density at radius 1 is 1.05 bits per heavy atom. The van der Waals surface area contributed by atoms with Gasteiger partial charge in [-0.2, -0.15) is 9.40 Å². The van der Waals surface area contributed by atoms with Gasteiger partial charge in [-0.1, -0.05) is 39.5 Å². The van der Waals surface area contributed by atoms with Gasteiger partial charge in [-0.25, -0.2) is 8.42 Å². The van der Waals surface area contributed by atoms with Crippen LogP contribution in [0.5, 0.6) is 0 Å². The van der Waals surface area contributed by atoms with Crippen LogP contribution in [0.1, 0.15) is 65.0 Å². The van der Waals surface area contributed by atoms with E-state index in [0.29, 0.717) is 24.5 Å². The van der Waals surface area contributed by atoms with E-state index in [4.69, 9.17) is 0 Å². The first kappa shape index (κ1) is 19.2. The first-order valence-corrected chi connectivity index (χ1v) is 9.95. The molecule has 0 fully saturated rings. The van der Waals surface area contributed by atoms with Crippen molar-refractivity contribution >= 4 is 10.0 Å². The average Bonchev–Trinajstić information content (AvgIpc) is 2.87. The number of hydrogen-bond acceptors (Lipinski definition) is 3. The van der Waals surface area contributed by atoms with Gasteiger partial charge in [-0.3, -0.25) is 4.68 Å². The van der Waals surface area contributed by atoms with Crippen LogP contribution in [0.15, 0.2) is 11.1 Å². The standard InChI is InChI=1S/C16H31N3O2S/c1-5-8-10-12-18(13-11-9-6-2)22(20,21)16-14-17-19(7-3)15(16)4/h14H,5-13H2,1-4H3. The van der Waals surface area contributed by atoms with Crippen LogP contribution >= 0.6 is 0 Å². The Bertz CT molecular complexity index is 528. The van der Waals surface area contributed by atoms with Gasteiger partial charge in [0.15, 0.2) is 0 Å². The zero-order chi connectivity index (χ0) is 16.6. The van der Waals surface area contributed by atoms with Crippen LogP contribution in [0.25, 0.3) is 0 Å². The Hall–Kier alpha value is -0.880. The average molecular weight is 330 g/mol. The molecule has 1 aromatic heterocycles.